The average molecular weight is 256 g/mol. The molecule has 1 unspecified atom stereocenters. The molecule has 0 radical (unpaired) electrons. The molecule has 0 aromatic heterocycles. The number of nitrogens with zero attached hydrogens (tertiary/aromatic N) is 1. The molecule has 1 heterocycles. The summed E-state index contributed by atoms with van der Waals surface area (Å²) >= 11 is 0. The van der Waals surface area contributed by atoms with E-state index < -0.39 is 6.04 Å². The van der Waals surface area contributed by atoms with Crippen molar-refractivity contribution in [3.05, 3.63) is 0 Å². The summed E-state index contributed by atoms with van der Waals surface area (Å²) in [5.74, 6) is -0.456. The molecule has 0 spiro atoms. The highest BCUT2D eigenvalue weighted by atomic mass is 16.2. The highest BCUT2D eigenvalue weighted by Gasteiger charge is 2.28. The summed E-state index contributed by atoms with van der Waals surface area (Å²) < 4.78 is 0. The molecule has 1 aliphatic heterocycles. The molecule has 1 saturated heterocycles. The van der Waals surface area contributed by atoms with Gasteiger partial charge in [-0.05, 0) is 13.8 Å². The lowest BCUT2D eigenvalue weighted by Crippen LogP contribution is -2.59. The third kappa shape index (κ3) is 3.99. The summed E-state index contributed by atoms with van der Waals surface area (Å²) in [7, 11) is 0. The first-order valence-electron chi connectivity index (χ1n) is 6.14. The van der Waals surface area contributed by atoms with Crippen molar-refractivity contribution in [3.8, 4) is 0 Å². The van der Waals surface area contributed by atoms with Crippen LogP contribution >= 0.6 is 0 Å². The van der Waals surface area contributed by atoms with Crippen molar-refractivity contribution in [1.82, 2.24) is 20.9 Å². The summed E-state index contributed by atoms with van der Waals surface area (Å²) in [6.45, 7) is 5.10. The second-order valence-corrected chi connectivity index (χ2v) is 4.04. The van der Waals surface area contributed by atoms with Crippen molar-refractivity contribution in [2.75, 3.05) is 32.7 Å². The van der Waals surface area contributed by atoms with E-state index in [1.807, 2.05) is 13.8 Å². The fourth-order valence-electron chi connectivity index (χ4n) is 1.73. The highest BCUT2D eigenvalue weighted by molar-refractivity contribution is 5.89. The predicted molar refractivity (Wildman–Crippen MR) is 65.7 cm³/mol. The Morgan fingerprint density at radius 3 is 2.67 bits per heavy atom. The first kappa shape index (κ1) is 14.4. The van der Waals surface area contributed by atoms with Gasteiger partial charge in [-0.3, -0.25) is 19.7 Å². The van der Waals surface area contributed by atoms with E-state index in [2.05, 4.69) is 16.0 Å². The molecule has 18 heavy (non-hydrogen) atoms. The number of nitrogens with one attached hydrogen (secondary N) is 3. The van der Waals surface area contributed by atoms with Crippen LogP contribution < -0.4 is 16.0 Å². The zero-order valence-corrected chi connectivity index (χ0v) is 10.8. The van der Waals surface area contributed by atoms with Crippen molar-refractivity contribution >= 4 is 17.7 Å². The van der Waals surface area contributed by atoms with Crippen LogP contribution in [0.2, 0.25) is 0 Å². The molecule has 3 N–H and O–H groups in total. The quantitative estimate of drug-likeness (QED) is 0.534. The van der Waals surface area contributed by atoms with Gasteiger partial charge in [0, 0.05) is 19.6 Å². The van der Waals surface area contributed by atoms with E-state index in [-0.39, 0.29) is 37.4 Å². The molecule has 7 nitrogen and oxygen atoms in total. The second kappa shape index (κ2) is 6.95. The highest BCUT2D eigenvalue weighted by Crippen LogP contribution is 1.98. The summed E-state index contributed by atoms with van der Waals surface area (Å²) in [5, 5.41) is 8.13. The van der Waals surface area contributed by atoms with Gasteiger partial charge in [-0.15, -0.1) is 0 Å². The molecule has 0 aromatic carbocycles. The van der Waals surface area contributed by atoms with Crippen LogP contribution in [0, 0.1) is 0 Å². The number of carbonyl (C=O) groups is 3. The Morgan fingerprint density at radius 2 is 2.17 bits per heavy atom. The van der Waals surface area contributed by atoms with Crippen molar-refractivity contribution in [2.24, 2.45) is 0 Å². The Labute approximate surface area is 106 Å². The Hall–Kier alpha value is -1.63. The maximum absolute atomic E-state index is 12.1. The molecular formula is C11H20N4O3. The van der Waals surface area contributed by atoms with Crippen molar-refractivity contribution in [2.45, 2.75) is 19.9 Å². The van der Waals surface area contributed by atoms with Gasteiger partial charge in [-0.2, -0.15) is 0 Å². The zero-order chi connectivity index (χ0) is 13.5. The molecule has 7 heteroatoms. The van der Waals surface area contributed by atoms with Crippen LogP contribution in [0.4, 0.5) is 0 Å². The maximum Gasteiger partial charge on any atom is 0.242 e. The molecule has 1 atom stereocenters. The van der Waals surface area contributed by atoms with Gasteiger partial charge in [-0.25, -0.2) is 0 Å². The largest absolute Gasteiger partial charge is 0.355 e. The van der Waals surface area contributed by atoms with E-state index in [1.165, 1.54) is 4.90 Å². The van der Waals surface area contributed by atoms with Gasteiger partial charge >= 0.3 is 0 Å². The number of rotatable bonds is 5. The standard InChI is InChI=1S/C11H20N4O3/c1-3-12-10(17)7-15(4-2)11(18)8-5-14-9(16)6-13-8/h8,13H,3-7H2,1-2H3,(H,12,17)(H,14,16). The van der Waals surface area contributed by atoms with Gasteiger partial charge in [0.15, 0.2) is 0 Å². The van der Waals surface area contributed by atoms with Crippen LogP contribution in [0.25, 0.3) is 0 Å². The molecule has 0 saturated carbocycles. The van der Waals surface area contributed by atoms with Gasteiger partial charge in [0.2, 0.25) is 17.7 Å². The van der Waals surface area contributed by atoms with Crippen molar-refractivity contribution in [3.63, 3.8) is 0 Å². The van der Waals surface area contributed by atoms with E-state index in [1.54, 1.807) is 0 Å². The van der Waals surface area contributed by atoms with Gasteiger partial charge in [0.1, 0.15) is 6.04 Å². The Kier molecular flexibility index (Phi) is 5.57. The third-order valence-electron chi connectivity index (χ3n) is 2.71. The number of hydrogen-bond acceptors (Lipinski definition) is 4. The molecular weight excluding hydrogens is 236 g/mol. The van der Waals surface area contributed by atoms with Crippen molar-refractivity contribution < 1.29 is 14.4 Å². The Balaban J connectivity index is 2.51. The number of piperazine rings is 1. The topological polar surface area (TPSA) is 90.5 Å². The molecule has 3 amide bonds. The van der Waals surface area contributed by atoms with Gasteiger partial charge in [-0.1, -0.05) is 0 Å². The van der Waals surface area contributed by atoms with E-state index in [0.717, 1.165) is 0 Å². The van der Waals surface area contributed by atoms with Crippen LogP contribution in [-0.2, 0) is 14.4 Å². The summed E-state index contributed by atoms with van der Waals surface area (Å²) in [4.78, 5) is 36.0. The molecule has 1 rings (SSSR count). The lowest BCUT2D eigenvalue weighted by molar-refractivity contribution is -0.138. The number of amides is 3. The Morgan fingerprint density at radius 1 is 1.44 bits per heavy atom. The number of hydrogen-bond donors (Lipinski definition) is 3. The van der Waals surface area contributed by atoms with E-state index in [4.69, 9.17) is 0 Å². The number of carbonyl (C=O) groups excluding carboxylic acids is 3. The second-order valence-electron chi connectivity index (χ2n) is 4.04. The first-order valence-corrected chi connectivity index (χ1v) is 6.14. The lowest BCUT2D eigenvalue weighted by atomic mass is 10.2. The molecule has 1 fully saturated rings. The van der Waals surface area contributed by atoms with E-state index in [9.17, 15) is 14.4 Å². The fourth-order valence-corrected chi connectivity index (χ4v) is 1.73. The van der Waals surface area contributed by atoms with Crippen LogP contribution in [0.3, 0.4) is 0 Å². The first-order chi connectivity index (χ1) is 8.58. The zero-order valence-electron chi connectivity index (χ0n) is 10.8. The molecule has 102 valence electrons. The van der Waals surface area contributed by atoms with Crippen LogP contribution in [0.5, 0.6) is 0 Å². The average Bonchev–Trinajstić information content (AvgIpc) is 2.36. The van der Waals surface area contributed by atoms with Crippen LogP contribution in [-0.4, -0.2) is 61.4 Å². The minimum atomic E-state index is -0.447. The van der Waals surface area contributed by atoms with Crippen LogP contribution in [0.15, 0.2) is 0 Å². The maximum atomic E-state index is 12.1. The monoisotopic (exact) mass is 256 g/mol. The van der Waals surface area contributed by atoms with Crippen LogP contribution in [0.1, 0.15) is 13.8 Å². The minimum absolute atomic E-state index is 0.0509. The molecule has 0 aliphatic carbocycles. The molecule has 1 aliphatic rings. The third-order valence-corrected chi connectivity index (χ3v) is 2.71. The summed E-state index contributed by atoms with van der Waals surface area (Å²) in [5.41, 5.74) is 0. The summed E-state index contributed by atoms with van der Waals surface area (Å²) in [6, 6.07) is -0.447. The Bertz CT molecular complexity index is 322. The SMILES string of the molecule is CCNC(=O)CN(CC)C(=O)C1CNC(=O)CN1. The number of likely N-dealkylation sites (N-methyl/N-ethyl adjacent to an activating group) is 2. The predicted octanol–water partition coefficient (Wildman–Crippen LogP) is -1.94. The minimum Gasteiger partial charge on any atom is -0.355 e. The molecule has 0 aromatic rings. The smallest absolute Gasteiger partial charge is 0.242 e. The fraction of sp³-hybridized carbons (Fsp3) is 0.727. The van der Waals surface area contributed by atoms with E-state index in [0.29, 0.717) is 13.1 Å². The van der Waals surface area contributed by atoms with Gasteiger partial charge in [0.25, 0.3) is 0 Å². The molecule has 0 bridgehead atoms. The normalized spacial score (nSPS) is 19.0. The van der Waals surface area contributed by atoms with E-state index >= 15 is 0 Å². The van der Waals surface area contributed by atoms with Gasteiger partial charge in [0.05, 0.1) is 13.1 Å². The van der Waals surface area contributed by atoms with Crippen molar-refractivity contribution in [1.29, 1.82) is 0 Å². The van der Waals surface area contributed by atoms with Gasteiger partial charge < -0.3 is 15.5 Å². The lowest BCUT2D eigenvalue weighted by Gasteiger charge is -2.29. The summed E-state index contributed by atoms with van der Waals surface area (Å²) in [6.07, 6.45) is 0.